The van der Waals surface area contributed by atoms with E-state index in [1.807, 2.05) is 13.8 Å². The fraction of sp³-hybridized carbons (Fsp3) is 0.211. The summed E-state index contributed by atoms with van der Waals surface area (Å²) in [5.74, 6) is -1.07. The van der Waals surface area contributed by atoms with E-state index >= 15 is 0 Å². The first-order valence-corrected chi connectivity index (χ1v) is 7.98. The number of aromatic hydroxyl groups is 1. The van der Waals surface area contributed by atoms with Gasteiger partial charge in [-0.3, -0.25) is 19.3 Å². The number of anilines is 1. The van der Waals surface area contributed by atoms with Gasteiger partial charge in [-0.1, -0.05) is 26.0 Å². The average molecular weight is 338 g/mol. The Morgan fingerprint density at radius 3 is 2.44 bits per heavy atom. The van der Waals surface area contributed by atoms with E-state index in [4.69, 9.17) is 0 Å². The number of hydrogen-bond donors (Lipinski definition) is 2. The molecule has 128 valence electrons. The van der Waals surface area contributed by atoms with Gasteiger partial charge in [-0.25, -0.2) is 0 Å². The van der Waals surface area contributed by atoms with Crippen molar-refractivity contribution in [2.24, 2.45) is 5.92 Å². The molecule has 0 fully saturated rings. The number of hydrogen-bond acceptors (Lipinski definition) is 4. The Balaban J connectivity index is 1.87. The zero-order chi connectivity index (χ0) is 18.1. The molecule has 2 aromatic rings. The molecule has 3 rings (SSSR count). The standard InChI is InChI=1S/C19H18N2O4/c1-11(2)10-21-18(24)13-8-7-12(9-14(13)19(21)25)17(23)20-15-5-3-4-6-16(15)22/h3-9,11,22H,10H2,1-2H3,(H,20,23). The van der Waals surface area contributed by atoms with Crippen LogP contribution in [0.1, 0.15) is 44.9 Å². The maximum Gasteiger partial charge on any atom is 0.261 e. The highest BCUT2D eigenvalue weighted by atomic mass is 16.3. The van der Waals surface area contributed by atoms with Crippen LogP contribution in [0.4, 0.5) is 5.69 Å². The second-order valence-electron chi connectivity index (χ2n) is 6.35. The number of fused-ring (bicyclic) bond motifs is 1. The second-order valence-corrected chi connectivity index (χ2v) is 6.35. The molecule has 0 saturated heterocycles. The molecule has 1 aliphatic rings. The van der Waals surface area contributed by atoms with Crippen molar-refractivity contribution >= 4 is 23.4 Å². The van der Waals surface area contributed by atoms with Crippen molar-refractivity contribution in [3.63, 3.8) is 0 Å². The summed E-state index contributed by atoms with van der Waals surface area (Å²) in [6.07, 6.45) is 0. The van der Waals surface area contributed by atoms with E-state index < -0.39 is 5.91 Å². The maximum absolute atomic E-state index is 12.5. The lowest BCUT2D eigenvalue weighted by molar-refractivity contribution is 0.0636. The van der Waals surface area contributed by atoms with Crippen LogP contribution in [0.25, 0.3) is 0 Å². The minimum atomic E-state index is -0.466. The minimum Gasteiger partial charge on any atom is -0.506 e. The van der Waals surface area contributed by atoms with E-state index in [9.17, 15) is 19.5 Å². The molecule has 0 spiro atoms. The van der Waals surface area contributed by atoms with Crippen LogP contribution >= 0.6 is 0 Å². The third-order valence-electron chi connectivity index (χ3n) is 3.93. The summed E-state index contributed by atoms with van der Waals surface area (Å²) in [5, 5.41) is 12.3. The summed E-state index contributed by atoms with van der Waals surface area (Å²) < 4.78 is 0. The third-order valence-corrected chi connectivity index (χ3v) is 3.93. The largest absolute Gasteiger partial charge is 0.506 e. The van der Waals surface area contributed by atoms with Gasteiger partial charge in [0.15, 0.2) is 0 Å². The molecular weight excluding hydrogens is 320 g/mol. The van der Waals surface area contributed by atoms with Crippen LogP contribution in [0.2, 0.25) is 0 Å². The van der Waals surface area contributed by atoms with Crippen molar-refractivity contribution in [3.05, 3.63) is 59.2 Å². The lowest BCUT2D eigenvalue weighted by Crippen LogP contribution is -2.33. The van der Waals surface area contributed by atoms with Crippen molar-refractivity contribution in [1.29, 1.82) is 0 Å². The summed E-state index contributed by atoms with van der Waals surface area (Å²) in [6.45, 7) is 4.19. The van der Waals surface area contributed by atoms with Crippen LogP contribution < -0.4 is 5.32 Å². The average Bonchev–Trinajstić information content (AvgIpc) is 2.81. The monoisotopic (exact) mass is 338 g/mol. The molecule has 0 radical (unpaired) electrons. The second kappa shape index (κ2) is 6.39. The van der Waals surface area contributed by atoms with E-state index in [2.05, 4.69) is 5.32 Å². The van der Waals surface area contributed by atoms with Crippen molar-refractivity contribution < 1.29 is 19.5 Å². The molecule has 6 heteroatoms. The number of benzene rings is 2. The van der Waals surface area contributed by atoms with E-state index in [0.717, 1.165) is 0 Å². The third kappa shape index (κ3) is 3.10. The number of imide groups is 1. The van der Waals surface area contributed by atoms with Gasteiger partial charge in [-0.2, -0.15) is 0 Å². The summed E-state index contributed by atoms with van der Waals surface area (Å²) in [5.41, 5.74) is 1.06. The van der Waals surface area contributed by atoms with Crippen LogP contribution in [0, 0.1) is 5.92 Å². The van der Waals surface area contributed by atoms with Gasteiger partial charge in [0.25, 0.3) is 17.7 Å². The molecule has 0 bridgehead atoms. The van der Waals surface area contributed by atoms with Crippen molar-refractivity contribution in [1.82, 2.24) is 4.90 Å². The van der Waals surface area contributed by atoms with Crippen molar-refractivity contribution in [3.8, 4) is 5.75 Å². The Bertz CT molecular complexity index is 873. The highest BCUT2D eigenvalue weighted by molar-refractivity contribution is 6.22. The van der Waals surface area contributed by atoms with Gasteiger partial charge in [0, 0.05) is 12.1 Å². The number of phenols is 1. The highest BCUT2D eigenvalue weighted by Crippen LogP contribution is 2.26. The molecule has 0 aliphatic carbocycles. The van der Waals surface area contributed by atoms with Gasteiger partial charge in [0.05, 0.1) is 16.8 Å². The van der Waals surface area contributed by atoms with Crippen molar-refractivity contribution in [2.45, 2.75) is 13.8 Å². The summed E-state index contributed by atoms with van der Waals surface area (Å²) >= 11 is 0. The van der Waals surface area contributed by atoms with Gasteiger partial charge in [0.1, 0.15) is 5.75 Å². The number of carbonyl (C=O) groups is 3. The van der Waals surface area contributed by atoms with E-state index in [1.165, 1.54) is 29.2 Å². The molecule has 1 aliphatic heterocycles. The summed E-state index contributed by atoms with van der Waals surface area (Å²) in [4.78, 5) is 38.4. The van der Waals surface area contributed by atoms with E-state index in [-0.39, 0.29) is 40.3 Å². The quantitative estimate of drug-likeness (QED) is 0.663. The number of nitrogens with one attached hydrogen (secondary N) is 1. The van der Waals surface area contributed by atoms with Crippen molar-refractivity contribution in [2.75, 3.05) is 11.9 Å². The Morgan fingerprint density at radius 1 is 1.08 bits per heavy atom. The fourth-order valence-corrected chi connectivity index (χ4v) is 2.74. The molecule has 0 unspecified atom stereocenters. The Labute approximate surface area is 145 Å². The molecule has 0 aromatic heterocycles. The summed E-state index contributed by atoms with van der Waals surface area (Å²) in [6, 6.07) is 10.8. The van der Waals surface area contributed by atoms with Crippen LogP contribution in [-0.4, -0.2) is 34.3 Å². The SMILES string of the molecule is CC(C)CN1C(=O)c2ccc(C(=O)Nc3ccccc3O)cc2C1=O. The molecular formula is C19H18N2O4. The van der Waals surface area contributed by atoms with Crippen LogP contribution in [-0.2, 0) is 0 Å². The van der Waals surface area contributed by atoms with E-state index in [1.54, 1.807) is 18.2 Å². The topological polar surface area (TPSA) is 86.7 Å². The Hall–Kier alpha value is -3.15. The smallest absolute Gasteiger partial charge is 0.261 e. The highest BCUT2D eigenvalue weighted by Gasteiger charge is 2.36. The van der Waals surface area contributed by atoms with Gasteiger partial charge in [-0.15, -0.1) is 0 Å². The fourth-order valence-electron chi connectivity index (χ4n) is 2.74. The zero-order valence-electron chi connectivity index (χ0n) is 13.9. The molecule has 2 N–H and O–H groups in total. The molecule has 0 saturated carbocycles. The number of rotatable bonds is 4. The predicted molar refractivity (Wildman–Crippen MR) is 92.7 cm³/mol. The number of para-hydroxylation sites is 2. The molecule has 25 heavy (non-hydrogen) atoms. The minimum absolute atomic E-state index is 0.0497. The molecule has 0 atom stereocenters. The molecule has 3 amide bonds. The lowest BCUT2D eigenvalue weighted by Gasteiger charge is -2.15. The predicted octanol–water partition coefficient (Wildman–Crippen LogP) is 2.90. The summed E-state index contributed by atoms with van der Waals surface area (Å²) in [7, 11) is 0. The van der Waals surface area contributed by atoms with E-state index in [0.29, 0.717) is 12.1 Å². The zero-order valence-corrected chi connectivity index (χ0v) is 13.9. The number of amides is 3. The molecule has 1 heterocycles. The maximum atomic E-state index is 12.5. The van der Waals surface area contributed by atoms with Crippen LogP contribution in [0.15, 0.2) is 42.5 Å². The molecule has 6 nitrogen and oxygen atoms in total. The molecule has 2 aromatic carbocycles. The first kappa shape index (κ1) is 16.7. The number of phenolic OH excluding ortho intramolecular Hbond substituents is 1. The first-order chi connectivity index (χ1) is 11.9. The van der Waals surface area contributed by atoms with Crippen LogP contribution in [0.5, 0.6) is 5.75 Å². The van der Waals surface area contributed by atoms with Crippen LogP contribution in [0.3, 0.4) is 0 Å². The van der Waals surface area contributed by atoms with Gasteiger partial charge in [-0.05, 0) is 36.2 Å². The first-order valence-electron chi connectivity index (χ1n) is 7.98. The van der Waals surface area contributed by atoms with Gasteiger partial charge >= 0.3 is 0 Å². The number of carbonyl (C=O) groups excluding carboxylic acids is 3. The lowest BCUT2D eigenvalue weighted by atomic mass is 10.1. The number of nitrogens with zero attached hydrogens (tertiary/aromatic N) is 1. The normalized spacial score (nSPS) is 13.3. The van der Waals surface area contributed by atoms with Gasteiger partial charge < -0.3 is 10.4 Å². The van der Waals surface area contributed by atoms with Gasteiger partial charge in [0.2, 0.25) is 0 Å². The Morgan fingerprint density at radius 2 is 1.76 bits per heavy atom. The Kier molecular flexibility index (Phi) is 4.27.